The van der Waals surface area contributed by atoms with Gasteiger partial charge in [0.1, 0.15) is 0 Å². The quantitative estimate of drug-likeness (QED) is 0.644. The Hall–Kier alpha value is -0.670. The fourth-order valence-electron chi connectivity index (χ4n) is 1.63. The summed E-state index contributed by atoms with van der Waals surface area (Å²) in [5.41, 5.74) is 1.96. The van der Waals surface area contributed by atoms with Crippen LogP contribution in [0.3, 0.4) is 0 Å². The second-order valence-corrected chi connectivity index (χ2v) is 4.64. The van der Waals surface area contributed by atoms with Crippen molar-refractivity contribution in [1.29, 1.82) is 0 Å². The van der Waals surface area contributed by atoms with Crippen LogP contribution < -0.4 is 0 Å². The van der Waals surface area contributed by atoms with Gasteiger partial charge in [-0.1, -0.05) is 47.1 Å². The van der Waals surface area contributed by atoms with Crippen LogP contribution in [0.25, 0.3) is 0 Å². The number of Topliss-reactive ketones (excluding diaryl/α,β-unsaturated/α-hetero) is 1. The Morgan fingerprint density at radius 3 is 2.50 bits per heavy atom. The first kappa shape index (κ1) is 13.4. The van der Waals surface area contributed by atoms with Gasteiger partial charge in [-0.15, -0.1) is 0 Å². The molecule has 16 heavy (non-hydrogen) atoms. The summed E-state index contributed by atoms with van der Waals surface area (Å²) in [5.74, 6) is 0.581. The molecule has 0 bridgehead atoms. The molecule has 1 atom stereocenters. The van der Waals surface area contributed by atoms with E-state index in [1.807, 2.05) is 24.3 Å². The minimum absolute atomic E-state index is 0.106. The average molecular weight is 285 g/mol. The predicted molar refractivity (Wildman–Crippen MR) is 69.1 cm³/mol. The standard InChI is InChI=1S/C13H17BrO2/c1-10(6-7-15)8-11-2-4-12(5-3-11)13(16)9-14/h2-5,10,15H,6-9H2,1H3. The summed E-state index contributed by atoms with van der Waals surface area (Å²) in [6.45, 7) is 2.36. The van der Waals surface area contributed by atoms with Gasteiger partial charge < -0.3 is 5.11 Å². The first-order valence-corrected chi connectivity index (χ1v) is 6.58. The van der Waals surface area contributed by atoms with E-state index in [1.54, 1.807) is 0 Å². The maximum absolute atomic E-state index is 11.4. The molecule has 1 unspecified atom stereocenters. The van der Waals surface area contributed by atoms with Crippen molar-refractivity contribution in [2.75, 3.05) is 11.9 Å². The Kier molecular flexibility index (Phi) is 5.71. The molecule has 0 aliphatic heterocycles. The number of rotatable bonds is 6. The number of aliphatic hydroxyl groups is 1. The molecule has 88 valence electrons. The molecule has 2 nitrogen and oxygen atoms in total. The number of aliphatic hydroxyl groups excluding tert-OH is 1. The van der Waals surface area contributed by atoms with Crippen LogP contribution in [-0.2, 0) is 6.42 Å². The zero-order valence-electron chi connectivity index (χ0n) is 9.45. The molecule has 1 N–H and O–H groups in total. The monoisotopic (exact) mass is 284 g/mol. The van der Waals surface area contributed by atoms with Crippen molar-refractivity contribution in [3.63, 3.8) is 0 Å². The molecule has 3 heteroatoms. The van der Waals surface area contributed by atoms with E-state index in [-0.39, 0.29) is 12.4 Å². The van der Waals surface area contributed by atoms with Gasteiger partial charge in [0.25, 0.3) is 0 Å². The van der Waals surface area contributed by atoms with Crippen molar-refractivity contribution in [1.82, 2.24) is 0 Å². The summed E-state index contributed by atoms with van der Waals surface area (Å²) in [5, 5.41) is 9.18. The third-order valence-electron chi connectivity index (χ3n) is 2.60. The molecule has 1 aromatic carbocycles. The van der Waals surface area contributed by atoms with Crippen molar-refractivity contribution in [2.45, 2.75) is 19.8 Å². The lowest BCUT2D eigenvalue weighted by molar-refractivity contribution is 0.102. The van der Waals surface area contributed by atoms with Gasteiger partial charge in [-0.3, -0.25) is 4.79 Å². The van der Waals surface area contributed by atoms with Crippen molar-refractivity contribution < 1.29 is 9.90 Å². The molecule has 0 saturated heterocycles. The normalized spacial score (nSPS) is 12.4. The van der Waals surface area contributed by atoms with Crippen molar-refractivity contribution >= 4 is 21.7 Å². The van der Waals surface area contributed by atoms with Crippen LogP contribution in [0, 0.1) is 5.92 Å². The molecular formula is C13H17BrO2. The molecule has 1 rings (SSSR count). The van der Waals surface area contributed by atoms with Crippen LogP contribution in [0.1, 0.15) is 29.3 Å². The second-order valence-electron chi connectivity index (χ2n) is 4.08. The van der Waals surface area contributed by atoms with Gasteiger partial charge in [0.05, 0.1) is 5.33 Å². The van der Waals surface area contributed by atoms with Gasteiger partial charge in [0.2, 0.25) is 0 Å². The number of alkyl halides is 1. The second kappa shape index (κ2) is 6.81. The highest BCUT2D eigenvalue weighted by molar-refractivity contribution is 9.09. The van der Waals surface area contributed by atoms with Crippen LogP contribution >= 0.6 is 15.9 Å². The Bertz CT molecular complexity index is 332. The Labute approximate surface area is 105 Å². The lowest BCUT2D eigenvalue weighted by Gasteiger charge is -2.09. The number of ketones is 1. The highest BCUT2D eigenvalue weighted by Crippen LogP contribution is 2.13. The number of carbonyl (C=O) groups excluding carboxylic acids is 1. The molecule has 0 aliphatic rings. The smallest absolute Gasteiger partial charge is 0.173 e. The van der Waals surface area contributed by atoms with Crippen molar-refractivity contribution in [2.24, 2.45) is 5.92 Å². The minimum Gasteiger partial charge on any atom is -0.396 e. The topological polar surface area (TPSA) is 37.3 Å². The Balaban J connectivity index is 2.61. The van der Waals surface area contributed by atoms with Gasteiger partial charge in [0, 0.05) is 12.2 Å². The van der Waals surface area contributed by atoms with E-state index >= 15 is 0 Å². The molecule has 0 heterocycles. The summed E-state index contributed by atoms with van der Waals surface area (Å²) in [4.78, 5) is 11.4. The number of carbonyl (C=O) groups is 1. The molecule has 0 spiro atoms. The summed E-state index contributed by atoms with van der Waals surface area (Å²) >= 11 is 3.15. The zero-order valence-corrected chi connectivity index (χ0v) is 11.0. The largest absolute Gasteiger partial charge is 0.396 e. The van der Waals surface area contributed by atoms with Crippen LogP contribution in [0.4, 0.5) is 0 Å². The van der Waals surface area contributed by atoms with Crippen LogP contribution in [0.15, 0.2) is 24.3 Å². The van der Waals surface area contributed by atoms with Gasteiger partial charge in [-0.2, -0.15) is 0 Å². The SMILES string of the molecule is CC(CCO)Cc1ccc(C(=O)CBr)cc1. The van der Waals surface area contributed by atoms with E-state index in [1.165, 1.54) is 5.56 Å². The molecule has 1 aromatic rings. The molecule has 0 saturated carbocycles. The molecule has 0 radical (unpaired) electrons. The maximum atomic E-state index is 11.4. The Morgan fingerprint density at radius 2 is 2.00 bits per heavy atom. The Morgan fingerprint density at radius 1 is 1.38 bits per heavy atom. The zero-order chi connectivity index (χ0) is 12.0. The third kappa shape index (κ3) is 4.06. The fraction of sp³-hybridized carbons (Fsp3) is 0.462. The molecule has 0 amide bonds. The van der Waals surface area contributed by atoms with Crippen LogP contribution in [0.5, 0.6) is 0 Å². The van der Waals surface area contributed by atoms with Gasteiger partial charge in [0.15, 0.2) is 5.78 Å². The first-order valence-electron chi connectivity index (χ1n) is 5.46. The minimum atomic E-state index is 0.106. The summed E-state index contributed by atoms with van der Waals surface area (Å²) in [7, 11) is 0. The number of hydrogen-bond acceptors (Lipinski definition) is 2. The fourth-order valence-corrected chi connectivity index (χ4v) is 1.95. The van der Waals surface area contributed by atoms with E-state index in [4.69, 9.17) is 5.11 Å². The van der Waals surface area contributed by atoms with Crippen molar-refractivity contribution in [3.05, 3.63) is 35.4 Å². The van der Waals surface area contributed by atoms with Gasteiger partial charge >= 0.3 is 0 Å². The highest BCUT2D eigenvalue weighted by atomic mass is 79.9. The van der Waals surface area contributed by atoms with E-state index in [0.29, 0.717) is 11.2 Å². The lowest BCUT2D eigenvalue weighted by atomic mass is 9.97. The van der Waals surface area contributed by atoms with Gasteiger partial charge in [-0.05, 0) is 24.3 Å². The van der Waals surface area contributed by atoms with Crippen LogP contribution in [0.2, 0.25) is 0 Å². The predicted octanol–water partition coefficient (Wildman–Crippen LogP) is 2.83. The lowest BCUT2D eigenvalue weighted by Crippen LogP contribution is -2.03. The average Bonchev–Trinajstić information content (AvgIpc) is 2.29. The highest BCUT2D eigenvalue weighted by Gasteiger charge is 2.05. The van der Waals surface area contributed by atoms with Gasteiger partial charge in [-0.25, -0.2) is 0 Å². The number of halogens is 1. The molecular weight excluding hydrogens is 268 g/mol. The maximum Gasteiger partial charge on any atom is 0.173 e. The number of hydrogen-bond donors (Lipinski definition) is 1. The van der Waals surface area contributed by atoms with E-state index in [0.717, 1.165) is 18.4 Å². The van der Waals surface area contributed by atoms with E-state index in [9.17, 15) is 4.79 Å². The molecule has 0 fully saturated rings. The van der Waals surface area contributed by atoms with E-state index in [2.05, 4.69) is 22.9 Å². The molecule has 0 aliphatic carbocycles. The third-order valence-corrected chi connectivity index (χ3v) is 3.11. The molecule has 0 aromatic heterocycles. The number of benzene rings is 1. The summed E-state index contributed by atoms with van der Waals surface area (Å²) in [6.07, 6.45) is 1.77. The van der Waals surface area contributed by atoms with Crippen LogP contribution in [-0.4, -0.2) is 22.8 Å². The van der Waals surface area contributed by atoms with Crippen molar-refractivity contribution in [3.8, 4) is 0 Å². The first-order chi connectivity index (χ1) is 7.67. The summed E-state index contributed by atoms with van der Waals surface area (Å²) in [6, 6.07) is 7.71. The van der Waals surface area contributed by atoms with E-state index < -0.39 is 0 Å². The summed E-state index contributed by atoms with van der Waals surface area (Å²) < 4.78 is 0.